The van der Waals surface area contributed by atoms with E-state index in [0.29, 0.717) is 17.8 Å². The minimum Gasteiger partial charge on any atom is -0.480 e. The first kappa shape index (κ1) is 26.0. The molecule has 0 spiro atoms. The molecule has 3 N–H and O–H groups in total. The molecule has 7 heteroatoms. The van der Waals surface area contributed by atoms with Gasteiger partial charge in [-0.1, -0.05) is 54.9 Å². The number of benzene rings is 1. The van der Waals surface area contributed by atoms with Gasteiger partial charge >= 0.3 is 5.97 Å². The molecule has 1 aromatic carbocycles. The summed E-state index contributed by atoms with van der Waals surface area (Å²) in [6, 6.07) is 8.21. The molecule has 0 aromatic heterocycles. The van der Waals surface area contributed by atoms with E-state index in [2.05, 4.69) is 30.4 Å². The SMILES string of the molecule is C[C@]12CC[C@H]3[C@@H](CCC4=C/C(=N\OCC(=O)NC(Cc5ccccc5)C(=O)O)CC[C@@]43C)[C@@H]1CC[C@H]2O. The van der Waals surface area contributed by atoms with E-state index in [1.165, 1.54) is 18.4 Å². The molecule has 37 heavy (non-hydrogen) atoms. The fourth-order valence-electron chi connectivity index (χ4n) is 8.08. The number of aliphatic hydroxyl groups excluding tert-OH is 1. The number of carbonyl (C=O) groups excluding carboxylic acids is 1. The molecule has 7 nitrogen and oxygen atoms in total. The second-order valence-corrected chi connectivity index (χ2v) is 12.1. The van der Waals surface area contributed by atoms with Gasteiger partial charge in [0.1, 0.15) is 6.04 Å². The Kier molecular flexibility index (Phi) is 7.18. The molecule has 0 bridgehead atoms. The van der Waals surface area contributed by atoms with Gasteiger partial charge in [0.05, 0.1) is 11.8 Å². The van der Waals surface area contributed by atoms with Gasteiger partial charge < -0.3 is 20.4 Å². The summed E-state index contributed by atoms with van der Waals surface area (Å²) in [5.74, 6) is 0.403. The van der Waals surface area contributed by atoms with Crippen molar-refractivity contribution in [2.75, 3.05) is 6.61 Å². The number of oxime groups is 1. The van der Waals surface area contributed by atoms with Gasteiger partial charge in [0.25, 0.3) is 5.91 Å². The van der Waals surface area contributed by atoms with Crippen LogP contribution in [0, 0.1) is 28.6 Å². The van der Waals surface area contributed by atoms with E-state index >= 15 is 0 Å². The van der Waals surface area contributed by atoms with Crippen molar-refractivity contribution in [1.82, 2.24) is 5.32 Å². The maximum Gasteiger partial charge on any atom is 0.326 e. The van der Waals surface area contributed by atoms with Gasteiger partial charge in [-0.3, -0.25) is 4.79 Å². The highest BCUT2D eigenvalue weighted by Gasteiger charge is 2.58. The third-order valence-corrected chi connectivity index (χ3v) is 10.2. The van der Waals surface area contributed by atoms with E-state index < -0.39 is 17.9 Å². The first-order valence-electron chi connectivity index (χ1n) is 13.8. The fourth-order valence-corrected chi connectivity index (χ4v) is 8.08. The van der Waals surface area contributed by atoms with Gasteiger partial charge in [-0.15, -0.1) is 0 Å². The smallest absolute Gasteiger partial charge is 0.326 e. The van der Waals surface area contributed by atoms with Crippen LogP contribution in [-0.2, 0) is 20.8 Å². The molecule has 0 aliphatic heterocycles. The summed E-state index contributed by atoms with van der Waals surface area (Å²) in [6.07, 6.45) is 10.7. The minimum atomic E-state index is -1.08. The van der Waals surface area contributed by atoms with E-state index in [0.717, 1.165) is 49.8 Å². The third-order valence-electron chi connectivity index (χ3n) is 10.2. The predicted molar refractivity (Wildman–Crippen MR) is 141 cm³/mol. The predicted octanol–water partition coefficient (Wildman–Crippen LogP) is 4.49. The Hall–Kier alpha value is -2.67. The second kappa shape index (κ2) is 10.2. The Morgan fingerprint density at radius 2 is 1.86 bits per heavy atom. The summed E-state index contributed by atoms with van der Waals surface area (Å²) in [7, 11) is 0. The Labute approximate surface area is 219 Å². The van der Waals surface area contributed by atoms with E-state index in [1.807, 2.05) is 30.3 Å². The Bertz CT molecular complexity index is 1080. The van der Waals surface area contributed by atoms with Gasteiger partial charge in [0.2, 0.25) is 0 Å². The minimum absolute atomic E-state index is 0.0924. The zero-order chi connectivity index (χ0) is 26.2. The highest BCUT2D eigenvalue weighted by Crippen LogP contribution is 2.65. The van der Waals surface area contributed by atoms with E-state index in [4.69, 9.17) is 4.84 Å². The largest absolute Gasteiger partial charge is 0.480 e. The summed E-state index contributed by atoms with van der Waals surface area (Å²) in [4.78, 5) is 29.4. The number of nitrogens with one attached hydrogen (secondary N) is 1. The molecule has 5 rings (SSSR count). The lowest BCUT2D eigenvalue weighted by molar-refractivity contribution is -0.142. The Morgan fingerprint density at radius 1 is 1.08 bits per heavy atom. The number of amides is 1. The standard InChI is InChI=1S/C30H40N2O5/c1-29-14-12-21(32-37-18-27(34)31-25(28(35)36)16-19-6-4-3-5-7-19)17-20(29)8-9-22-23-10-11-26(33)30(23,2)15-13-24(22)29/h3-7,17,22-26,33H,8-16,18H2,1-2H3,(H,31,34)(H,35,36)/b32-21-/t22-,23-,24-,25?,26+,29-,30-/m0/s1. The van der Waals surface area contributed by atoms with Crippen molar-refractivity contribution in [3.05, 3.63) is 47.5 Å². The lowest BCUT2D eigenvalue weighted by Gasteiger charge is -2.57. The number of aliphatic hydroxyl groups is 1. The van der Waals surface area contributed by atoms with Crippen LogP contribution in [0.25, 0.3) is 0 Å². The first-order valence-corrected chi connectivity index (χ1v) is 13.8. The summed E-state index contributed by atoms with van der Waals surface area (Å²) < 4.78 is 0. The van der Waals surface area contributed by atoms with Crippen LogP contribution < -0.4 is 5.32 Å². The average molecular weight is 509 g/mol. The molecule has 4 aliphatic carbocycles. The molecule has 4 aliphatic rings. The monoisotopic (exact) mass is 508 g/mol. The molecule has 3 saturated carbocycles. The van der Waals surface area contributed by atoms with E-state index in [1.54, 1.807) is 0 Å². The number of carboxylic acids is 1. The highest BCUT2D eigenvalue weighted by molar-refractivity contribution is 5.96. The summed E-state index contributed by atoms with van der Waals surface area (Å²) >= 11 is 0. The van der Waals surface area contributed by atoms with Crippen LogP contribution in [0.1, 0.15) is 70.8 Å². The molecule has 0 radical (unpaired) electrons. The van der Waals surface area contributed by atoms with Crippen molar-refractivity contribution >= 4 is 17.6 Å². The maximum atomic E-state index is 12.4. The number of nitrogens with zero attached hydrogens (tertiary/aromatic N) is 1. The highest BCUT2D eigenvalue weighted by atomic mass is 16.6. The summed E-state index contributed by atoms with van der Waals surface area (Å²) in [5, 5.41) is 27.0. The van der Waals surface area contributed by atoms with Crippen LogP contribution in [0.4, 0.5) is 0 Å². The Balaban J connectivity index is 1.18. The van der Waals surface area contributed by atoms with E-state index in [-0.39, 0.29) is 30.0 Å². The zero-order valence-electron chi connectivity index (χ0n) is 22.0. The number of carbonyl (C=O) groups is 2. The van der Waals surface area contributed by atoms with Crippen LogP contribution in [0.15, 0.2) is 47.1 Å². The number of aliphatic carboxylic acids is 1. The number of carboxylic acid groups (broad SMARTS) is 1. The lowest BCUT2D eigenvalue weighted by atomic mass is 9.47. The fraction of sp³-hybridized carbons (Fsp3) is 0.633. The van der Waals surface area contributed by atoms with Crippen molar-refractivity contribution in [1.29, 1.82) is 0 Å². The van der Waals surface area contributed by atoms with Crippen molar-refractivity contribution in [3.63, 3.8) is 0 Å². The first-order chi connectivity index (χ1) is 17.7. The summed E-state index contributed by atoms with van der Waals surface area (Å²) in [5.41, 5.74) is 3.40. The van der Waals surface area contributed by atoms with Crippen LogP contribution in [0.3, 0.4) is 0 Å². The third kappa shape index (κ3) is 4.95. The molecule has 0 saturated heterocycles. The van der Waals surface area contributed by atoms with Gasteiger partial charge in [0.15, 0.2) is 6.61 Å². The molecule has 1 amide bonds. The van der Waals surface area contributed by atoms with Gasteiger partial charge in [-0.2, -0.15) is 0 Å². The molecule has 0 heterocycles. The van der Waals surface area contributed by atoms with Gasteiger partial charge in [0, 0.05) is 6.42 Å². The Morgan fingerprint density at radius 3 is 2.62 bits per heavy atom. The number of hydrogen-bond acceptors (Lipinski definition) is 5. The van der Waals surface area contributed by atoms with Crippen molar-refractivity contribution < 1.29 is 24.6 Å². The normalized spacial score (nSPS) is 36.5. The van der Waals surface area contributed by atoms with Crippen molar-refractivity contribution in [2.24, 2.45) is 33.7 Å². The average Bonchev–Trinajstić information content (AvgIpc) is 3.18. The molecule has 7 atom stereocenters. The quantitative estimate of drug-likeness (QED) is 0.470. The van der Waals surface area contributed by atoms with E-state index in [9.17, 15) is 19.8 Å². The van der Waals surface area contributed by atoms with Gasteiger partial charge in [-0.05, 0) is 91.6 Å². The van der Waals surface area contributed by atoms with Crippen LogP contribution >= 0.6 is 0 Å². The second-order valence-electron chi connectivity index (χ2n) is 12.1. The molecule has 3 fully saturated rings. The lowest BCUT2D eigenvalue weighted by Crippen LogP contribution is -2.51. The van der Waals surface area contributed by atoms with Crippen LogP contribution in [0.5, 0.6) is 0 Å². The van der Waals surface area contributed by atoms with Crippen molar-refractivity contribution in [2.45, 2.75) is 83.8 Å². The number of allylic oxidation sites excluding steroid dienone is 2. The number of hydrogen-bond donors (Lipinski definition) is 3. The zero-order valence-corrected chi connectivity index (χ0v) is 22.0. The molecular formula is C30H40N2O5. The van der Waals surface area contributed by atoms with Gasteiger partial charge in [-0.25, -0.2) is 4.79 Å². The topological polar surface area (TPSA) is 108 Å². The maximum absolute atomic E-state index is 12.4. The van der Waals surface area contributed by atoms with Crippen LogP contribution in [-0.4, -0.2) is 46.6 Å². The number of rotatable bonds is 7. The van der Waals surface area contributed by atoms with Crippen molar-refractivity contribution in [3.8, 4) is 0 Å². The molecular weight excluding hydrogens is 468 g/mol. The molecule has 1 unspecified atom stereocenters. The molecule has 1 aromatic rings. The van der Waals surface area contributed by atoms with Crippen LogP contribution in [0.2, 0.25) is 0 Å². The summed E-state index contributed by atoms with van der Waals surface area (Å²) in [6.45, 7) is 4.43. The molecule has 200 valence electrons. The number of fused-ring (bicyclic) bond motifs is 5.